The van der Waals surface area contributed by atoms with Crippen LogP contribution in [0.2, 0.25) is 0 Å². The maximum Gasteiger partial charge on any atom is 0.330 e. The van der Waals surface area contributed by atoms with Gasteiger partial charge in [-0.05, 0) is 124 Å². The summed E-state index contributed by atoms with van der Waals surface area (Å²) < 4.78 is 31.1. The number of carbonyl (C=O) groups is 1. The summed E-state index contributed by atoms with van der Waals surface area (Å²) in [6, 6.07) is 0. The van der Waals surface area contributed by atoms with Gasteiger partial charge in [0.2, 0.25) is 0 Å². The molecule has 0 aromatic rings. The second-order valence-electron chi connectivity index (χ2n) is 21.2. The normalized spacial score (nSPS) is 49.3. The first-order valence-electron chi connectivity index (χ1n) is 22.5. The van der Waals surface area contributed by atoms with E-state index in [1.807, 2.05) is 34.6 Å². The highest BCUT2D eigenvalue weighted by atomic mass is 16.7. The maximum absolute atomic E-state index is 12.6. The van der Waals surface area contributed by atoms with Gasteiger partial charge in [-0.3, -0.25) is 0 Å². The Bertz CT molecular complexity index is 1600. The maximum atomic E-state index is 12.6. The summed E-state index contributed by atoms with van der Waals surface area (Å²) in [4.78, 5) is 12.2. The van der Waals surface area contributed by atoms with E-state index in [2.05, 4.69) is 26.8 Å². The summed E-state index contributed by atoms with van der Waals surface area (Å²) in [7, 11) is 0. The number of esters is 1. The molecule has 61 heavy (non-hydrogen) atoms. The number of hydrogen-bond donors (Lipinski definition) is 9. The molecule has 21 atom stereocenters. The van der Waals surface area contributed by atoms with Crippen LogP contribution in [0.1, 0.15) is 114 Å². The van der Waals surface area contributed by atoms with Crippen LogP contribution in [0.15, 0.2) is 23.8 Å². The molecule has 0 amide bonds. The number of allylic oxidation sites excluding steroid dienone is 3. The minimum atomic E-state index is -1.66. The molecule has 4 saturated carbocycles. The Hall–Kier alpha value is -1.57. The van der Waals surface area contributed by atoms with E-state index < -0.39 is 120 Å². The van der Waals surface area contributed by atoms with Gasteiger partial charge in [-0.15, -0.1) is 0 Å². The number of hydrogen-bond acceptors (Lipinski definition) is 15. The summed E-state index contributed by atoms with van der Waals surface area (Å²) in [5, 5.41) is 100. The largest absolute Gasteiger partial charge is 0.460 e. The van der Waals surface area contributed by atoms with Gasteiger partial charge in [0.25, 0.3) is 0 Å². The van der Waals surface area contributed by atoms with Gasteiger partial charge in [0.1, 0.15) is 55.4 Å². The summed E-state index contributed by atoms with van der Waals surface area (Å²) in [6.07, 6.45) is -7.36. The van der Waals surface area contributed by atoms with Crippen molar-refractivity contribution in [1.29, 1.82) is 0 Å². The molecule has 15 nitrogen and oxygen atoms in total. The second kappa shape index (κ2) is 18.0. The lowest BCUT2D eigenvalue weighted by Crippen LogP contribution is -2.71. The lowest BCUT2D eigenvalue weighted by molar-refractivity contribution is -0.349. The van der Waals surface area contributed by atoms with Crippen molar-refractivity contribution in [3.8, 4) is 0 Å². The molecule has 0 aromatic carbocycles. The van der Waals surface area contributed by atoms with Gasteiger partial charge in [-0.25, -0.2) is 4.79 Å². The van der Waals surface area contributed by atoms with E-state index >= 15 is 0 Å². The quantitative estimate of drug-likeness (QED) is 0.0591. The van der Waals surface area contributed by atoms with E-state index in [0.29, 0.717) is 51.4 Å². The fourth-order valence-corrected chi connectivity index (χ4v) is 13.8. The van der Waals surface area contributed by atoms with E-state index in [-0.39, 0.29) is 30.3 Å². The number of ether oxygens (including phenoxy) is 5. The molecule has 6 fully saturated rings. The zero-order valence-electron chi connectivity index (χ0n) is 37.6. The fraction of sp³-hybridized carbons (Fsp3) is 0.891. The highest BCUT2D eigenvalue weighted by Gasteiger charge is 2.74. The van der Waals surface area contributed by atoms with Crippen molar-refractivity contribution in [2.24, 2.45) is 45.3 Å². The summed E-state index contributed by atoms with van der Waals surface area (Å²) in [5.41, 5.74) is -2.09. The van der Waals surface area contributed by atoms with Crippen molar-refractivity contribution in [3.63, 3.8) is 0 Å². The van der Waals surface area contributed by atoms with Crippen LogP contribution in [-0.2, 0) is 28.5 Å². The summed E-state index contributed by atoms with van der Waals surface area (Å²) in [5.74, 6) is -1.55. The Kier molecular flexibility index (Phi) is 14.4. The highest BCUT2D eigenvalue weighted by molar-refractivity contribution is 5.81. The van der Waals surface area contributed by atoms with Crippen LogP contribution in [0.4, 0.5) is 0 Å². The fourth-order valence-electron chi connectivity index (χ4n) is 13.8. The Labute approximate surface area is 361 Å². The van der Waals surface area contributed by atoms with Crippen LogP contribution in [0.5, 0.6) is 0 Å². The van der Waals surface area contributed by atoms with Crippen molar-refractivity contribution < 1.29 is 74.4 Å². The van der Waals surface area contributed by atoms with E-state index in [1.165, 1.54) is 12.2 Å². The van der Waals surface area contributed by atoms with Gasteiger partial charge in [-0.1, -0.05) is 52.3 Å². The van der Waals surface area contributed by atoms with E-state index in [4.69, 9.17) is 23.7 Å². The number of fused-ring (bicyclic) bond motifs is 5. The topological polar surface area (TPSA) is 245 Å². The third-order valence-corrected chi connectivity index (χ3v) is 17.1. The van der Waals surface area contributed by atoms with Gasteiger partial charge >= 0.3 is 5.97 Å². The molecule has 350 valence electrons. The van der Waals surface area contributed by atoms with Crippen molar-refractivity contribution >= 4 is 5.97 Å². The first-order chi connectivity index (χ1) is 28.4. The lowest BCUT2D eigenvalue weighted by atomic mass is 9.34. The predicted octanol–water partition coefficient (Wildman–Crippen LogP) is 2.25. The Morgan fingerprint density at radius 3 is 2.07 bits per heavy atom. The molecule has 21 unspecified atom stereocenters. The first-order valence-corrected chi connectivity index (χ1v) is 22.5. The van der Waals surface area contributed by atoms with Gasteiger partial charge in [0.15, 0.2) is 12.6 Å². The number of aliphatic hydroxyl groups is 9. The smallest absolute Gasteiger partial charge is 0.330 e. The SMILES string of the molecule is C/C=C/C(=O)OCC1OC(OC2CC3(C)C(CC(O)C4C(C(C)(CCC=C(C)C)OC5OC(CO)C(O)C(O)C5O)CCC43C)C3(C)CCC(O)C(C)(C)C23)C(O)C(O)C1O. The van der Waals surface area contributed by atoms with Crippen LogP contribution in [0.3, 0.4) is 0 Å². The molecule has 2 aliphatic heterocycles. The van der Waals surface area contributed by atoms with Crippen molar-refractivity contribution in [1.82, 2.24) is 0 Å². The molecular weight excluding hydrogens is 792 g/mol. The molecule has 6 aliphatic rings. The summed E-state index contributed by atoms with van der Waals surface area (Å²) >= 11 is 0. The molecular formula is C46H76O15. The Balaban J connectivity index is 1.37. The molecule has 0 bridgehead atoms. The molecule has 9 N–H and O–H groups in total. The third-order valence-electron chi connectivity index (χ3n) is 17.1. The van der Waals surface area contributed by atoms with E-state index in [9.17, 15) is 50.8 Å². The number of aliphatic hydroxyl groups excluding tert-OH is 9. The van der Waals surface area contributed by atoms with Gasteiger partial charge in [0.05, 0.1) is 30.5 Å². The minimum absolute atomic E-state index is 0.0293. The van der Waals surface area contributed by atoms with Gasteiger partial charge in [-0.2, -0.15) is 0 Å². The van der Waals surface area contributed by atoms with Crippen LogP contribution >= 0.6 is 0 Å². The molecule has 0 aromatic heterocycles. The Morgan fingerprint density at radius 1 is 0.820 bits per heavy atom. The van der Waals surface area contributed by atoms with Crippen molar-refractivity contribution in [2.75, 3.05) is 13.2 Å². The standard InChI is InChI=1S/C46H76O15/c1-10-12-31(50)57-22-28-34(52)36(54)37(55)40(60-28)58-26-20-45(8)29(43(6)17-15-30(49)42(4,5)39(26)43)19-25(48)32-24(14-18-44(32,45)7)46(9,16-11-13-23(2)3)61-41-38(56)35(53)33(51)27(21-47)59-41/h10,12-13,24-30,32-41,47-49,51-56H,11,14-22H2,1-9H3/b12-10+. The number of carbonyl (C=O) groups excluding carboxylic acids is 1. The average molecular weight is 869 g/mol. The summed E-state index contributed by atoms with van der Waals surface area (Å²) in [6.45, 7) is 17.5. The van der Waals surface area contributed by atoms with Gasteiger partial charge < -0.3 is 69.6 Å². The highest BCUT2D eigenvalue weighted by Crippen LogP contribution is 2.76. The van der Waals surface area contributed by atoms with Crippen LogP contribution in [-0.4, -0.2) is 150 Å². The van der Waals surface area contributed by atoms with Crippen LogP contribution in [0.25, 0.3) is 0 Å². The second-order valence-corrected chi connectivity index (χ2v) is 21.2. The minimum Gasteiger partial charge on any atom is -0.460 e. The van der Waals surface area contributed by atoms with E-state index in [1.54, 1.807) is 6.92 Å². The van der Waals surface area contributed by atoms with Crippen molar-refractivity contribution in [2.45, 2.75) is 199 Å². The number of rotatable bonds is 12. The molecule has 0 spiro atoms. The van der Waals surface area contributed by atoms with Gasteiger partial charge in [0, 0.05) is 6.08 Å². The predicted molar refractivity (Wildman–Crippen MR) is 221 cm³/mol. The zero-order valence-corrected chi connectivity index (χ0v) is 37.6. The first kappa shape index (κ1) is 48.9. The third kappa shape index (κ3) is 8.45. The average Bonchev–Trinajstić information content (AvgIpc) is 3.58. The van der Waals surface area contributed by atoms with E-state index in [0.717, 1.165) is 5.57 Å². The Morgan fingerprint density at radius 2 is 1.44 bits per heavy atom. The molecule has 15 heteroatoms. The van der Waals surface area contributed by atoms with Crippen LogP contribution in [0, 0.1) is 45.3 Å². The monoisotopic (exact) mass is 869 g/mol. The zero-order chi connectivity index (χ0) is 45.2. The molecule has 6 rings (SSSR count). The van der Waals surface area contributed by atoms with Crippen LogP contribution < -0.4 is 0 Å². The van der Waals surface area contributed by atoms with Crippen molar-refractivity contribution in [3.05, 3.63) is 23.8 Å². The molecule has 2 saturated heterocycles. The lowest BCUT2D eigenvalue weighted by Gasteiger charge is -2.72. The molecule has 2 heterocycles. The molecule has 4 aliphatic carbocycles. The molecule has 0 radical (unpaired) electrons.